The lowest BCUT2D eigenvalue weighted by Crippen LogP contribution is -2.48. The lowest BCUT2D eigenvalue weighted by Gasteiger charge is -2.05. The van der Waals surface area contributed by atoms with Crippen LogP contribution in [0, 0.1) is 0 Å². The van der Waals surface area contributed by atoms with Gasteiger partial charge in [-0.25, -0.2) is 0 Å². The molecule has 1 saturated carbocycles. The van der Waals surface area contributed by atoms with E-state index in [1.165, 1.54) is 17.8 Å². The van der Waals surface area contributed by atoms with Gasteiger partial charge < -0.3 is 5.32 Å². The van der Waals surface area contributed by atoms with E-state index in [0.29, 0.717) is 0 Å². The Kier molecular flexibility index (Phi) is 5.39. The number of nitrogens with one attached hydrogen (secondary N) is 3. The molecule has 110 valence electrons. The maximum atomic E-state index is 11.4. The zero-order valence-electron chi connectivity index (χ0n) is 11.2. The van der Waals surface area contributed by atoms with Crippen LogP contribution >= 0.6 is 11.8 Å². The van der Waals surface area contributed by atoms with Gasteiger partial charge in [0, 0.05) is 17.0 Å². The molecule has 0 unspecified atom stereocenters. The Bertz CT molecular complexity index is 556. The first-order valence-corrected chi connectivity index (χ1v) is 7.32. The molecule has 3 N–H and O–H groups in total. The van der Waals surface area contributed by atoms with Gasteiger partial charge in [0.1, 0.15) is 0 Å². The maximum absolute atomic E-state index is 11.4. The number of amides is 3. The third-order valence-corrected chi connectivity index (χ3v) is 3.40. The molecule has 1 fully saturated rings. The van der Waals surface area contributed by atoms with Crippen LogP contribution in [0.2, 0.25) is 0 Å². The summed E-state index contributed by atoms with van der Waals surface area (Å²) in [6.07, 6.45) is 3.06. The van der Waals surface area contributed by atoms with Gasteiger partial charge in [0.25, 0.3) is 5.91 Å². The fraction of sp³-hybridized carbons (Fsp3) is 0.214. The zero-order chi connectivity index (χ0) is 15.1. The van der Waals surface area contributed by atoms with Crippen LogP contribution in [0.5, 0.6) is 0 Å². The van der Waals surface area contributed by atoms with Crippen LogP contribution in [-0.4, -0.2) is 23.8 Å². The SMILES string of the molecule is O=C(/C=C/Sc1ccccc1)NNC(=O)C(=O)NC1CC1. The molecule has 3 amide bonds. The quantitative estimate of drug-likeness (QED) is 0.331. The highest BCUT2D eigenvalue weighted by Gasteiger charge is 2.26. The summed E-state index contributed by atoms with van der Waals surface area (Å²) in [7, 11) is 0. The molecule has 0 saturated heterocycles. The summed E-state index contributed by atoms with van der Waals surface area (Å²) >= 11 is 1.37. The molecular formula is C14H15N3O3S. The third-order valence-electron chi connectivity index (χ3n) is 2.58. The Hall–Kier alpha value is -2.28. The first kappa shape index (κ1) is 15.1. The van der Waals surface area contributed by atoms with E-state index >= 15 is 0 Å². The first-order chi connectivity index (χ1) is 10.1. The normalized spacial score (nSPS) is 13.7. The van der Waals surface area contributed by atoms with Crippen LogP contribution in [0.1, 0.15) is 12.8 Å². The summed E-state index contributed by atoms with van der Waals surface area (Å²) in [5.74, 6) is -2.12. The molecule has 0 aliphatic heterocycles. The van der Waals surface area contributed by atoms with Gasteiger partial charge in [0.2, 0.25) is 0 Å². The van der Waals surface area contributed by atoms with Crippen LogP contribution < -0.4 is 16.2 Å². The van der Waals surface area contributed by atoms with Gasteiger partial charge in [-0.2, -0.15) is 0 Å². The molecule has 0 spiro atoms. The topological polar surface area (TPSA) is 87.3 Å². The summed E-state index contributed by atoms with van der Waals surface area (Å²) < 4.78 is 0. The highest BCUT2D eigenvalue weighted by atomic mass is 32.2. The number of hydrazine groups is 1. The fourth-order valence-corrected chi connectivity index (χ4v) is 2.03. The second kappa shape index (κ2) is 7.49. The number of hydrogen-bond donors (Lipinski definition) is 3. The van der Waals surface area contributed by atoms with Crippen LogP contribution in [0.15, 0.2) is 46.7 Å². The minimum absolute atomic E-state index is 0.0983. The summed E-state index contributed by atoms with van der Waals surface area (Å²) in [4.78, 5) is 35.1. The Morgan fingerprint density at radius 2 is 1.76 bits per heavy atom. The van der Waals surface area contributed by atoms with E-state index in [1.54, 1.807) is 5.41 Å². The number of carbonyl (C=O) groups excluding carboxylic acids is 3. The molecule has 2 rings (SSSR count). The monoisotopic (exact) mass is 305 g/mol. The van der Waals surface area contributed by atoms with E-state index in [4.69, 9.17) is 0 Å². The van der Waals surface area contributed by atoms with Gasteiger partial charge in [-0.1, -0.05) is 30.0 Å². The van der Waals surface area contributed by atoms with Crippen molar-refractivity contribution in [2.24, 2.45) is 0 Å². The van der Waals surface area contributed by atoms with E-state index in [2.05, 4.69) is 16.2 Å². The molecule has 1 aliphatic rings. The van der Waals surface area contributed by atoms with Crippen LogP contribution in [0.3, 0.4) is 0 Å². The predicted octanol–water partition coefficient (Wildman–Crippen LogP) is 0.718. The molecule has 0 bridgehead atoms. The van der Waals surface area contributed by atoms with Crippen molar-refractivity contribution in [3.8, 4) is 0 Å². The Morgan fingerprint density at radius 1 is 1.05 bits per heavy atom. The molecule has 0 radical (unpaired) electrons. The van der Waals surface area contributed by atoms with E-state index < -0.39 is 17.7 Å². The van der Waals surface area contributed by atoms with Gasteiger partial charge in [-0.15, -0.1) is 0 Å². The standard InChI is InChI=1S/C14H15N3O3S/c18-12(8-9-21-11-4-2-1-3-5-11)16-17-14(20)13(19)15-10-6-7-10/h1-5,8-10H,6-7H2,(H,15,19)(H,16,18)(H,17,20)/b9-8+. The van der Waals surface area contributed by atoms with Gasteiger partial charge in [0.15, 0.2) is 0 Å². The van der Waals surface area contributed by atoms with Crippen molar-refractivity contribution >= 4 is 29.5 Å². The molecule has 7 heteroatoms. The number of rotatable bonds is 4. The number of hydrogen-bond acceptors (Lipinski definition) is 4. The largest absolute Gasteiger partial charge is 0.345 e. The van der Waals surface area contributed by atoms with Crippen molar-refractivity contribution in [1.29, 1.82) is 0 Å². The fourth-order valence-electron chi connectivity index (χ4n) is 1.37. The van der Waals surface area contributed by atoms with Gasteiger partial charge >= 0.3 is 11.8 Å². The second-order valence-corrected chi connectivity index (χ2v) is 5.40. The molecule has 0 heterocycles. The second-order valence-electron chi connectivity index (χ2n) is 4.42. The van der Waals surface area contributed by atoms with Crippen LogP contribution in [0.25, 0.3) is 0 Å². The highest BCUT2D eigenvalue weighted by Crippen LogP contribution is 2.18. The highest BCUT2D eigenvalue weighted by molar-refractivity contribution is 8.02. The van der Waals surface area contributed by atoms with Crippen molar-refractivity contribution in [2.75, 3.05) is 0 Å². The van der Waals surface area contributed by atoms with Crippen molar-refractivity contribution in [3.05, 3.63) is 41.8 Å². The first-order valence-electron chi connectivity index (χ1n) is 6.44. The van der Waals surface area contributed by atoms with E-state index in [9.17, 15) is 14.4 Å². The van der Waals surface area contributed by atoms with Gasteiger partial charge in [-0.05, 0) is 30.4 Å². The molecule has 6 nitrogen and oxygen atoms in total. The van der Waals surface area contributed by atoms with Crippen LogP contribution in [0.4, 0.5) is 0 Å². The lowest BCUT2D eigenvalue weighted by atomic mass is 10.4. The van der Waals surface area contributed by atoms with Gasteiger partial charge in [0.05, 0.1) is 0 Å². The minimum atomic E-state index is -0.876. The maximum Gasteiger partial charge on any atom is 0.327 e. The summed E-state index contributed by atoms with van der Waals surface area (Å²) in [6.45, 7) is 0. The predicted molar refractivity (Wildman–Crippen MR) is 78.9 cm³/mol. The number of thioether (sulfide) groups is 1. The Balaban J connectivity index is 1.66. The molecule has 1 aromatic rings. The molecule has 1 aromatic carbocycles. The smallest absolute Gasteiger partial charge is 0.327 e. The molecule has 21 heavy (non-hydrogen) atoms. The average Bonchev–Trinajstić information content (AvgIpc) is 3.29. The van der Waals surface area contributed by atoms with E-state index in [0.717, 1.165) is 17.7 Å². The number of carbonyl (C=O) groups is 3. The van der Waals surface area contributed by atoms with Crippen molar-refractivity contribution in [2.45, 2.75) is 23.8 Å². The van der Waals surface area contributed by atoms with Crippen LogP contribution in [-0.2, 0) is 14.4 Å². The summed E-state index contributed by atoms with van der Waals surface area (Å²) in [5.41, 5.74) is 4.20. The summed E-state index contributed by atoms with van der Waals surface area (Å²) in [5, 5.41) is 4.12. The Labute approximate surface area is 126 Å². The zero-order valence-corrected chi connectivity index (χ0v) is 12.0. The van der Waals surface area contributed by atoms with E-state index in [1.807, 2.05) is 30.3 Å². The third kappa shape index (κ3) is 5.70. The Morgan fingerprint density at radius 3 is 2.43 bits per heavy atom. The van der Waals surface area contributed by atoms with Crippen molar-refractivity contribution in [3.63, 3.8) is 0 Å². The van der Waals surface area contributed by atoms with Crippen molar-refractivity contribution in [1.82, 2.24) is 16.2 Å². The average molecular weight is 305 g/mol. The molecule has 0 aromatic heterocycles. The molecule has 0 atom stereocenters. The summed E-state index contributed by atoms with van der Waals surface area (Å²) in [6, 6.07) is 9.63. The molecule has 1 aliphatic carbocycles. The van der Waals surface area contributed by atoms with Gasteiger partial charge in [-0.3, -0.25) is 25.2 Å². The molecular weight excluding hydrogens is 290 g/mol. The minimum Gasteiger partial charge on any atom is -0.345 e. The number of benzene rings is 1. The lowest BCUT2D eigenvalue weighted by molar-refractivity contribution is -0.140. The van der Waals surface area contributed by atoms with Crippen molar-refractivity contribution < 1.29 is 14.4 Å². The van der Waals surface area contributed by atoms with E-state index in [-0.39, 0.29) is 6.04 Å².